The third-order valence-electron chi connectivity index (χ3n) is 7.11. The Morgan fingerprint density at radius 3 is 2.21 bits per heavy atom. The molecule has 4 aromatic rings. The first-order valence-electron chi connectivity index (χ1n) is 12.9. The normalized spacial score (nSPS) is 16.5. The van der Waals surface area contributed by atoms with Gasteiger partial charge in [-0.15, -0.1) is 0 Å². The molecular formula is C33H30O6. The van der Waals surface area contributed by atoms with Crippen LogP contribution in [0.3, 0.4) is 0 Å². The Morgan fingerprint density at radius 1 is 0.846 bits per heavy atom. The Morgan fingerprint density at radius 2 is 1.51 bits per heavy atom. The number of aromatic hydroxyl groups is 4. The van der Waals surface area contributed by atoms with Crippen LogP contribution in [0.25, 0.3) is 6.08 Å². The number of phenols is 4. The van der Waals surface area contributed by atoms with E-state index in [1.807, 2.05) is 54.6 Å². The lowest BCUT2D eigenvalue weighted by molar-refractivity contribution is 0.0933. The largest absolute Gasteiger partial charge is 0.508 e. The molecule has 0 amide bonds. The van der Waals surface area contributed by atoms with E-state index in [0.717, 1.165) is 16.7 Å². The molecule has 6 nitrogen and oxygen atoms in total. The smallest absolute Gasteiger partial charge is 0.170 e. The van der Waals surface area contributed by atoms with Crippen molar-refractivity contribution in [2.45, 2.75) is 31.8 Å². The summed E-state index contributed by atoms with van der Waals surface area (Å²) in [6.07, 6.45) is 5.21. The van der Waals surface area contributed by atoms with E-state index in [4.69, 9.17) is 4.74 Å². The number of ketones is 1. The maximum Gasteiger partial charge on any atom is 0.170 e. The molecule has 0 radical (unpaired) electrons. The summed E-state index contributed by atoms with van der Waals surface area (Å²) in [5.41, 5.74) is 3.34. The molecule has 0 aliphatic carbocycles. The van der Waals surface area contributed by atoms with Gasteiger partial charge in [-0.2, -0.15) is 0 Å². The Labute approximate surface area is 227 Å². The van der Waals surface area contributed by atoms with Crippen LogP contribution in [0, 0.1) is 5.92 Å². The van der Waals surface area contributed by atoms with Gasteiger partial charge in [0.1, 0.15) is 40.4 Å². The van der Waals surface area contributed by atoms with Gasteiger partial charge in [0.25, 0.3) is 0 Å². The van der Waals surface area contributed by atoms with Crippen molar-refractivity contribution < 1.29 is 30.0 Å². The van der Waals surface area contributed by atoms with E-state index in [9.17, 15) is 25.2 Å². The van der Waals surface area contributed by atoms with Crippen molar-refractivity contribution in [3.63, 3.8) is 0 Å². The first-order chi connectivity index (χ1) is 18.9. The van der Waals surface area contributed by atoms with Crippen LogP contribution in [0.4, 0.5) is 0 Å². The van der Waals surface area contributed by atoms with Crippen LogP contribution in [-0.4, -0.2) is 26.2 Å². The van der Waals surface area contributed by atoms with E-state index in [-0.39, 0.29) is 52.4 Å². The highest BCUT2D eigenvalue weighted by molar-refractivity contribution is 6.02. The lowest BCUT2D eigenvalue weighted by Crippen LogP contribution is -2.27. The molecule has 4 N–H and O–H groups in total. The first kappa shape index (κ1) is 25.9. The summed E-state index contributed by atoms with van der Waals surface area (Å²) in [7, 11) is 0. The Hall–Kier alpha value is -4.71. The molecule has 0 unspecified atom stereocenters. The fourth-order valence-electron chi connectivity index (χ4n) is 5.06. The summed E-state index contributed by atoms with van der Waals surface area (Å²) in [6.45, 7) is 0. The van der Waals surface area contributed by atoms with Crippen LogP contribution in [0.2, 0.25) is 0 Å². The molecule has 1 aliphatic heterocycles. The second kappa shape index (κ2) is 11.4. The predicted molar refractivity (Wildman–Crippen MR) is 149 cm³/mol. The number of hydrogen-bond acceptors (Lipinski definition) is 6. The molecule has 0 saturated heterocycles. The molecule has 0 aromatic heterocycles. The van der Waals surface area contributed by atoms with Crippen molar-refractivity contribution in [3.8, 4) is 28.7 Å². The highest BCUT2D eigenvalue weighted by Gasteiger charge is 2.36. The van der Waals surface area contributed by atoms with Gasteiger partial charge in [-0.3, -0.25) is 4.79 Å². The summed E-state index contributed by atoms with van der Waals surface area (Å²) in [5.74, 6) is -0.239. The summed E-state index contributed by atoms with van der Waals surface area (Å²) < 4.78 is 6.47. The number of ether oxygens (including phenoxy) is 1. The standard InChI is InChI=1S/C33H30O6/c34-25-14-9-22(10-15-25)7-4-8-24-19-27-29(37)20-30(38)31(28(36)18-11-21-5-2-1-3-6-21)33(27)39-32(24)23-12-16-26(35)17-13-23/h1-7,9-10,12-17,20,24,32,34-35,37-38H,8,11,18-19H2/b7-4+/t24-,32+/m0/s1. The van der Waals surface area contributed by atoms with Crippen molar-refractivity contribution in [2.24, 2.45) is 5.92 Å². The molecule has 2 atom stereocenters. The molecule has 6 heteroatoms. The fraction of sp³-hybridized carbons (Fsp3) is 0.182. The van der Waals surface area contributed by atoms with Crippen LogP contribution in [-0.2, 0) is 12.8 Å². The van der Waals surface area contributed by atoms with Crippen LogP contribution in [0.1, 0.15) is 51.6 Å². The number of rotatable bonds is 8. The Balaban J connectivity index is 1.46. The monoisotopic (exact) mass is 522 g/mol. The molecular weight excluding hydrogens is 492 g/mol. The molecule has 0 fully saturated rings. The third-order valence-corrected chi connectivity index (χ3v) is 7.11. The number of carbonyl (C=O) groups excluding carboxylic acids is 1. The van der Waals surface area contributed by atoms with Gasteiger partial charge in [0.15, 0.2) is 5.78 Å². The topological polar surface area (TPSA) is 107 Å². The summed E-state index contributed by atoms with van der Waals surface area (Å²) in [6, 6.07) is 24.5. The lowest BCUT2D eigenvalue weighted by Gasteiger charge is -2.35. The summed E-state index contributed by atoms with van der Waals surface area (Å²) >= 11 is 0. The minimum Gasteiger partial charge on any atom is -0.508 e. The second-order valence-corrected chi connectivity index (χ2v) is 9.83. The molecule has 1 aliphatic rings. The van der Waals surface area contributed by atoms with Crippen molar-refractivity contribution >= 4 is 11.9 Å². The van der Waals surface area contributed by atoms with Crippen LogP contribution < -0.4 is 4.74 Å². The number of benzene rings is 4. The first-order valence-corrected chi connectivity index (χ1v) is 12.9. The quantitative estimate of drug-likeness (QED) is 0.191. The van der Waals surface area contributed by atoms with E-state index < -0.39 is 6.10 Å². The van der Waals surface area contributed by atoms with E-state index in [2.05, 4.69) is 0 Å². The van der Waals surface area contributed by atoms with Gasteiger partial charge in [-0.25, -0.2) is 0 Å². The number of phenolic OH excluding ortho intramolecular Hbond substituents is 4. The van der Waals surface area contributed by atoms with Crippen LogP contribution >= 0.6 is 0 Å². The van der Waals surface area contributed by atoms with E-state index in [1.165, 1.54) is 6.07 Å². The highest BCUT2D eigenvalue weighted by Crippen LogP contribution is 2.48. The van der Waals surface area contributed by atoms with E-state index in [1.54, 1.807) is 36.4 Å². The maximum absolute atomic E-state index is 13.4. The SMILES string of the molecule is O=C(CCc1ccccc1)c1c(O)cc(O)c2c1O[C@H](c1ccc(O)cc1)[C@@H](C/C=C/c1ccc(O)cc1)C2. The van der Waals surface area contributed by atoms with Crippen molar-refractivity contribution in [1.29, 1.82) is 0 Å². The molecule has 1 heterocycles. The van der Waals surface area contributed by atoms with Gasteiger partial charge in [0.05, 0.1) is 0 Å². The number of hydrogen-bond donors (Lipinski definition) is 4. The molecule has 0 spiro atoms. The number of aryl methyl sites for hydroxylation is 1. The van der Waals surface area contributed by atoms with Crippen molar-refractivity contribution in [3.05, 3.63) is 119 Å². The zero-order valence-electron chi connectivity index (χ0n) is 21.3. The molecule has 5 rings (SSSR count). The Kier molecular flexibility index (Phi) is 7.55. The molecule has 39 heavy (non-hydrogen) atoms. The predicted octanol–water partition coefficient (Wildman–Crippen LogP) is 6.72. The van der Waals surface area contributed by atoms with Gasteiger partial charge in [0, 0.05) is 24.0 Å². The minimum absolute atomic E-state index is 0.0839. The van der Waals surface area contributed by atoms with E-state index in [0.29, 0.717) is 24.8 Å². The van der Waals surface area contributed by atoms with Crippen molar-refractivity contribution in [2.75, 3.05) is 0 Å². The molecule has 0 bridgehead atoms. The van der Waals surface area contributed by atoms with Gasteiger partial charge in [-0.1, -0.05) is 66.7 Å². The fourth-order valence-corrected chi connectivity index (χ4v) is 5.06. The average molecular weight is 523 g/mol. The summed E-state index contributed by atoms with van der Waals surface area (Å²) in [5, 5.41) is 40.9. The Bertz CT molecular complexity index is 1470. The second-order valence-electron chi connectivity index (χ2n) is 9.83. The zero-order valence-corrected chi connectivity index (χ0v) is 21.3. The number of carbonyl (C=O) groups is 1. The van der Waals surface area contributed by atoms with Crippen LogP contribution in [0.15, 0.2) is 91.0 Å². The van der Waals surface area contributed by atoms with E-state index >= 15 is 0 Å². The minimum atomic E-state index is -0.482. The molecule has 0 saturated carbocycles. The number of allylic oxidation sites excluding steroid dienone is 1. The van der Waals surface area contributed by atoms with Gasteiger partial charge in [0.2, 0.25) is 0 Å². The maximum atomic E-state index is 13.4. The number of fused-ring (bicyclic) bond motifs is 1. The highest BCUT2D eigenvalue weighted by atomic mass is 16.5. The van der Waals surface area contributed by atoms with Crippen LogP contribution in [0.5, 0.6) is 28.7 Å². The average Bonchev–Trinajstić information content (AvgIpc) is 2.94. The third kappa shape index (κ3) is 5.91. The molecule has 198 valence electrons. The molecule has 4 aromatic carbocycles. The zero-order chi connectivity index (χ0) is 27.4. The van der Waals surface area contributed by atoms with Crippen molar-refractivity contribution in [1.82, 2.24) is 0 Å². The van der Waals surface area contributed by atoms with Gasteiger partial charge >= 0.3 is 0 Å². The summed E-state index contributed by atoms with van der Waals surface area (Å²) in [4.78, 5) is 13.4. The lowest BCUT2D eigenvalue weighted by atomic mass is 9.82. The van der Waals surface area contributed by atoms with Gasteiger partial charge in [-0.05, 0) is 60.2 Å². The number of Topliss-reactive ketones (excluding diaryl/α,β-unsaturated/α-hetero) is 1. The van der Waals surface area contributed by atoms with Gasteiger partial charge < -0.3 is 25.2 Å².